The van der Waals surface area contributed by atoms with Crippen molar-refractivity contribution < 1.29 is 8.42 Å². The van der Waals surface area contributed by atoms with E-state index in [1.807, 2.05) is 48.5 Å². The summed E-state index contributed by atoms with van der Waals surface area (Å²) in [4.78, 5) is 4.76. The summed E-state index contributed by atoms with van der Waals surface area (Å²) < 4.78 is 25.5. The average molecular weight is 376 g/mol. The first-order valence-electron chi connectivity index (χ1n) is 6.73. The maximum absolute atomic E-state index is 12.3. The number of hydrogen-bond donors (Lipinski definition) is 0. The Morgan fingerprint density at radius 1 is 1.05 bits per heavy atom. The molecular weight excluding hydrogens is 362 g/mol. The lowest BCUT2D eigenvalue weighted by molar-refractivity contribution is 0.601. The van der Waals surface area contributed by atoms with Crippen molar-refractivity contribution in [3.05, 3.63) is 58.7 Å². The van der Waals surface area contributed by atoms with Crippen LogP contribution in [0.1, 0.15) is 5.69 Å². The van der Waals surface area contributed by atoms with Crippen LogP contribution in [0.15, 0.2) is 57.9 Å². The van der Waals surface area contributed by atoms with Gasteiger partial charge in [-0.2, -0.15) is 0 Å². The normalized spacial score (nSPS) is 11.8. The van der Waals surface area contributed by atoms with Crippen molar-refractivity contribution in [3.63, 3.8) is 0 Å². The smallest absolute Gasteiger partial charge is 0.177 e. The predicted octanol–water partition coefficient (Wildman–Crippen LogP) is 4.38. The molecule has 3 nitrogen and oxygen atoms in total. The molecule has 0 aliphatic carbocycles. The third-order valence-corrected chi connectivity index (χ3v) is 5.24. The lowest BCUT2D eigenvalue weighted by atomic mass is 10.00. The minimum absolute atomic E-state index is 0.296. The zero-order valence-electron chi connectivity index (χ0n) is 12.2. The molecule has 3 aromatic rings. The van der Waals surface area contributed by atoms with Crippen LogP contribution in [0.25, 0.3) is 22.0 Å². The Labute approximate surface area is 138 Å². The third kappa shape index (κ3) is 2.66. The molecule has 0 aliphatic heterocycles. The van der Waals surface area contributed by atoms with Gasteiger partial charge in [0.25, 0.3) is 0 Å². The number of pyridine rings is 1. The molecule has 1 heterocycles. The molecule has 0 spiro atoms. The van der Waals surface area contributed by atoms with Crippen LogP contribution in [-0.4, -0.2) is 19.7 Å². The summed E-state index contributed by atoms with van der Waals surface area (Å²) in [6, 6.07) is 15.3. The molecule has 0 saturated heterocycles. The van der Waals surface area contributed by atoms with Gasteiger partial charge in [0.05, 0.1) is 16.1 Å². The lowest BCUT2D eigenvalue weighted by Gasteiger charge is -2.14. The molecule has 5 heteroatoms. The highest BCUT2D eigenvalue weighted by molar-refractivity contribution is 9.10. The van der Waals surface area contributed by atoms with Crippen LogP contribution in [0.4, 0.5) is 0 Å². The summed E-state index contributed by atoms with van der Waals surface area (Å²) in [5, 5.41) is 0.826. The molecule has 22 heavy (non-hydrogen) atoms. The highest BCUT2D eigenvalue weighted by atomic mass is 79.9. The molecule has 3 rings (SSSR count). The molecule has 0 fully saturated rings. The van der Waals surface area contributed by atoms with E-state index in [1.54, 1.807) is 6.92 Å². The predicted molar refractivity (Wildman–Crippen MR) is 92.7 cm³/mol. The number of fused-ring (bicyclic) bond motifs is 1. The number of benzene rings is 2. The molecule has 0 radical (unpaired) electrons. The minimum atomic E-state index is -3.39. The second-order valence-corrected chi connectivity index (χ2v) is 8.07. The van der Waals surface area contributed by atoms with Gasteiger partial charge >= 0.3 is 0 Å². The minimum Gasteiger partial charge on any atom is -0.252 e. The van der Waals surface area contributed by atoms with E-state index < -0.39 is 9.84 Å². The van der Waals surface area contributed by atoms with Gasteiger partial charge in [-0.3, -0.25) is 4.98 Å². The summed E-state index contributed by atoms with van der Waals surface area (Å²) >= 11 is 3.46. The van der Waals surface area contributed by atoms with Crippen LogP contribution in [0.5, 0.6) is 0 Å². The average Bonchev–Trinajstić information content (AvgIpc) is 2.46. The van der Waals surface area contributed by atoms with Crippen molar-refractivity contribution in [1.82, 2.24) is 4.98 Å². The quantitative estimate of drug-likeness (QED) is 0.667. The Morgan fingerprint density at radius 2 is 1.73 bits per heavy atom. The van der Waals surface area contributed by atoms with Gasteiger partial charge in [-0.05, 0) is 30.7 Å². The number of rotatable bonds is 2. The van der Waals surface area contributed by atoms with Crippen LogP contribution in [0.3, 0.4) is 0 Å². The number of nitrogens with zero attached hydrogens (tertiary/aromatic N) is 1. The SMILES string of the molecule is Cc1nc2ccc(Br)cc2c(-c2ccccc2)c1S(C)(=O)=O. The maximum Gasteiger partial charge on any atom is 0.177 e. The molecule has 112 valence electrons. The van der Waals surface area contributed by atoms with E-state index in [0.717, 1.165) is 20.9 Å². The van der Waals surface area contributed by atoms with Crippen molar-refractivity contribution in [2.24, 2.45) is 0 Å². The molecule has 1 aromatic heterocycles. The largest absolute Gasteiger partial charge is 0.252 e. The van der Waals surface area contributed by atoms with Gasteiger partial charge in [0, 0.05) is 21.7 Å². The van der Waals surface area contributed by atoms with Crippen LogP contribution in [0, 0.1) is 6.92 Å². The first-order valence-corrected chi connectivity index (χ1v) is 9.42. The van der Waals surface area contributed by atoms with Crippen LogP contribution >= 0.6 is 15.9 Å². The molecular formula is C17H14BrNO2S. The molecule has 0 saturated carbocycles. The number of halogens is 1. The fraction of sp³-hybridized carbons (Fsp3) is 0.118. The van der Waals surface area contributed by atoms with Gasteiger partial charge in [-0.25, -0.2) is 8.42 Å². The fourth-order valence-corrected chi connectivity index (χ4v) is 4.23. The summed E-state index contributed by atoms with van der Waals surface area (Å²) in [7, 11) is -3.39. The monoisotopic (exact) mass is 375 g/mol. The summed E-state index contributed by atoms with van der Waals surface area (Å²) in [5.41, 5.74) is 2.89. The lowest BCUT2D eigenvalue weighted by Crippen LogP contribution is -2.06. The van der Waals surface area contributed by atoms with E-state index in [9.17, 15) is 8.42 Å². The third-order valence-electron chi connectivity index (χ3n) is 3.51. The second-order valence-electron chi connectivity index (χ2n) is 5.20. The van der Waals surface area contributed by atoms with Crippen molar-refractivity contribution >= 4 is 36.7 Å². The first-order chi connectivity index (χ1) is 10.4. The van der Waals surface area contributed by atoms with Crippen LogP contribution in [0.2, 0.25) is 0 Å². The Hall–Kier alpha value is -1.72. The Morgan fingerprint density at radius 3 is 2.36 bits per heavy atom. The zero-order chi connectivity index (χ0) is 15.9. The summed E-state index contributed by atoms with van der Waals surface area (Å²) in [6.07, 6.45) is 1.23. The van der Waals surface area contributed by atoms with Crippen molar-refractivity contribution in [1.29, 1.82) is 0 Å². The Bertz CT molecular complexity index is 967. The molecule has 0 bridgehead atoms. The Balaban J connectivity index is 2.56. The highest BCUT2D eigenvalue weighted by Gasteiger charge is 2.21. The number of aryl methyl sites for hydroxylation is 1. The van der Waals surface area contributed by atoms with Gasteiger partial charge in [0.1, 0.15) is 0 Å². The molecule has 0 aliphatic rings. The highest BCUT2D eigenvalue weighted by Crippen LogP contribution is 2.36. The molecule has 0 N–H and O–H groups in total. The van der Waals surface area contributed by atoms with Crippen LogP contribution < -0.4 is 0 Å². The fourth-order valence-electron chi connectivity index (χ4n) is 2.69. The first kappa shape index (κ1) is 15.2. The Kier molecular flexibility index (Phi) is 3.78. The molecule has 0 atom stereocenters. The summed E-state index contributed by atoms with van der Waals surface area (Å²) in [5.74, 6) is 0. The number of aromatic nitrogens is 1. The van der Waals surface area contributed by atoms with Gasteiger partial charge in [0.15, 0.2) is 9.84 Å². The van der Waals surface area contributed by atoms with E-state index >= 15 is 0 Å². The van der Waals surface area contributed by atoms with E-state index in [2.05, 4.69) is 20.9 Å². The van der Waals surface area contributed by atoms with E-state index in [-0.39, 0.29) is 0 Å². The van der Waals surface area contributed by atoms with Gasteiger partial charge in [-0.15, -0.1) is 0 Å². The van der Waals surface area contributed by atoms with Crippen LogP contribution in [-0.2, 0) is 9.84 Å². The second kappa shape index (κ2) is 5.48. The van der Waals surface area contributed by atoms with Crippen molar-refractivity contribution in [3.8, 4) is 11.1 Å². The number of sulfone groups is 1. The van der Waals surface area contributed by atoms with Crippen molar-refractivity contribution in [2.75, 3.05) is 6.26 Å². The van der Waals surface area contributed by atoms with Crippen molar-refractivity contribution in [2.45, 2.75) is 11.8 Å². The van der Waals surface area contributed by atoms with Gasteiger partial charge < -0.3 is 0 Å². The summed E-state index contributed by atoms with van der Waals surface area (Å²) in [6.45, 7) is 1.74. The zero-order valence-corrected chi connectivity index (χ0v) is 14.6. The van der Waals surface area contributed by atoms with E-state index in [0.29, 0.717) is 16.2 Å². The van der Waals surface area contributed by atoms with Gasteiger partial charge in [0.2, 0.25) is 0 Å². The maximum atomic E-state index is 12.3. The number of hydrogen-bond acceptors (Lipinski definition) is 3. The topological polar surface area (TPSA) is 47.0 Å². The van der Waals surface area contributed by atoms with E-state index in [4.69, 9.17) is 0 Å². The molecule has 2 aromatic carbocycles. The standard InChI is InChI=1S/C17H14BrNO2S/c1-11-17(22(2,20)21)16(12-6-4-3-5-7-12)14-10-13(18)8-9-15(14)19-11/h3-10H,1-2H3. The molecule has 0 unspecified atom stereocenters. The van der Waals surface area contributed by atoms with E-state index in [1.165, 1.54) is 6.26 Å². The van der Waals surface area contributed by atoms with Gasteiger partial charge in [-0.1, -0.05) is 46.3 Å². The molecule has 0 amide bonds.